The van der Waals surface area contributed by atoms with Crippen LogP contribution in [-0.4, -0.2) is 5.11 Å². The smallest absolute Gasteiger partial charge is 0.134 e. The van der Waals surface area contributed by atoms with Gasteiger partial charge >= 0.3 is 0 Å². The molecule has 2 aromatic carbocycles. The number of phenols is 1. The minimum atomic E-state index is 0.120. The molecular weight excluding hydrogens is 258 g/mol. The maximum Gasteiger partial charge on any atom is 0.134 e. The first-order valence-electron chi connectivity index (χ1n) is 6.49. The highest BCUT2D eigenvalue weighted by Crippen LogP contribution is 2.24. The van der Waals surface area contributed by atoms with Gasteiger partial charge in [0.25, 0.3) is 0 Å². The Morgan fingerprint density at radius 1 is 1.05 bits per heavy atom. The number of benzene rings is 2. The zero-order chi connectivity index (χ0) is 13.7. The Balaban J connectivity index is 1.96. The van der Waals surface area contributed by atoms with Crippen LogP contribution in [0.5, 0.6) is 5.75 Å². The third-order valence-corrected chi connectivity index (χ3v) is 3.30. The first-order valence-corrected chi connectivity index (χ1v) is 6.87. The van der Waals surface area contributed by atoms with Gasteiger partial charge < -0.3 is 10.4 Å². The van der Waals surface area contributed by atoms with Crippen molar-refractivity contribution in [2.24, 2.45) is 0 Å². The Labute approximate surface area is 119 Å². The molecule has 3 heteroatoms. The monoisotopic (exact) mass is 275 g/mol. The summed E-state index contributed by atoms with van der Waals surface area (Å²) in [6, 6.07) is 13.7. The second-order valence-electron chi connectivity index (χ2n) is 4.59. The van der Waals surface area contributed by atoms with E-state index >= 15 is 0 Å². The van der Waals surface area contributed by atoms with E-state index in [2.05, 4.69) is 36.5 Å². The Morgan fingerprint density at radius 3 is 2.37 bits per heavy atom. The molecule has 0 radical (unpaired) electrons. The normalized spacial score (nSPS) is 10.4. The molecular formula is C16H18ClNO. The van der Waals surface area contributed by atoms with E-state index < -0.39 is 0 Å². The molecule has 0 saturated heterocycles. The van der Waals surface area contributed by atoms with Crippen molar-refractivity contribution in [2.45, 2.75) is 26.3 Å². The van der Waals surface area contributed by atoms with Crippen molar-refractivity contribution in [1.29, 1.82) is 0 Å². The van der Waals surface area contributed by atoms with Crippen molar-refractivity contribution in [3.63, 3.8) is 0 Å². The van der Waals surface area contributed by atoms with E-state index in [4.69, 9.17) is 11.6 Å². The number of nitrogens with one attached hydrogen (secondary N) is 1. The van der Waals surface area contributed by atoms with Gasteiger partial charge in [-0.2, -0.15) is 0 Å². The summed E-state index contributed by atoms with van der Waals surface area (Å²) in [6.45, 7) is 2.87. The second kappa shape index (κ2) is 6.48. The van der Waals surface area contributed by atoms with Crippen LogP contribution in [0.1, 0.15) is 24.5 Å². The highest BCUT2D eigenvalue weighted by atomic mass is 35.5. The van der Waals surface area contributed by atoms with E-state index in [1.807, 2.05) is 6.07 Å². The molecule has 0 saturated carbocycles. The number of aromatic hydroxyl groups is 1. The fourth-order valence-corrected chi connectivity index (χ4v) is 2.15. The highest BCUT2D eigenvalue weighted by molar-refractivity contribution is 6.32. The maximum absolute atomic E-state index is 9.36. The van der Waals surface area contributed by atoms with Gasteiger partial charge in [-0.1, -0.05) is 43.1 Å². The molecule has 0 aliphatic rings. The van der Waals surface area contributed by atoms with Crippen LogP contribution in [0.4, 0.5) is 5.69 Å². The van der Waals surface area contributed by atoms with E-state index in [0.29, 0.717) is 11.6 Å². The van der Waals surface area contributed by atoms with E-state index in [1.54, 1.807) is 12.1 Å². The fourth-order valence-electron chi connectivity index (χ4n) is 1.94. The molecule has 0 fully saturated rings. The lowest BCUT2D eigenvalue weighted by molar-refractivity contribution is 0.475. The number of rotatable bonds is 5. The van der Waals surface area contributed by atoms with Gasteiger partial charge in [-0.25, -0.2) is 0 Å². The summed E-state index contributed by atoms with van der Waals surface area (Å²) in [4.78, 5) is 0. The van der Waals surface area contributed by atoms with Crippen molar-refractivity contribution >= 4 is 17.3 Å². The van der Waals surface area contributed by atoms with Crippen LogP contribution in [0.15, 0.2) is 42.5 Å². The number of aryl methyl sites for hydroxylation is 1. The quantitative estimate of drug-likeness (QED) is 0.835. The summed E-state index contributed by atoms with van der Waals surface area (Å²) in [5.74, 6) is 0.120. The minimum absolute atomic E-state index is 0.120. The van der Waals surface area contributed by atoms with Crippen LogP contribution in [0, 0.1) is 0 Å². The lowest BCUT2D eigenvalue weighted by atomic mass is 10.1. The Bertz CT molecular complexity index is 537. The maximum atomic E-state index is 9.36. The van der Waals surface area contributed by atoms with Crippen LogP contribution in [-0.2, 0) is 13.0 Å². The summed E-state index contributed by atoms with van der Waals surface area (Å²) in [5.41, 5.74) is 3.49. The number of phenolic OH excluding ortho intramolecular Hbond substituents is 1. The molecule has 2 nitrogen and oxygen atoms in total. The zero-order valence-corrected chi connectivity index (χ0v) is 11.7. The predicted octanol–water partition coefficient (Wildman–Crippen LogP) is 4.61. The molecule has 0 aromatic heterocycles. The fraction of sp³-hybridized carbons (Fsp3) is 0.250. The largest absolute Gasteiger partial charge is 0.506 e. The van der Waals surface area contributed by atoms with Crippen molar-refractivity contribution in [1.82, 2.24) is 0 Å². The number of halogens is 1. The third-order valence-electron chi connectivity index (χ3n) is 3.00. The standard InChI is InChI=1S/C16H18ClNO/c1-2-3-12-4-7-14(8-5-12)18-11-13-6-9-16(19)15(17)10-13/h4-10,18-19H,2-3,11H2,1H3. The van der Waals surface area contributed by atoms with E-state index in [0.717, 1.165) is 17.7 Å². The summed E-state index contributed by atoms with van der Waals surface area (Å²) in [6.07, 6.45) is 2.28. The highest BCUT2D eigenvalue weighted by Gasteiger charge is 2.00. The second-order valence-corrected chi connectivity index (χ2v) is 4.99. The first-order chi connectivity index (χ1) is 9.19. The van der Waals surface area contributed by atoms with Gasteiger partial charge in [-0.15, -0.1) is 0 Å². The number of anilines is 1. The molecule has 0 unspecified atom stereocenters. The van der Waals surface area contributed by atoms with Gasteiger partial charge in [-0.05, 0) is 41.8 Å². The van der Waals surface area contributed by atoms with Crippen LogP contribution < -0.4 is 5.32 Å². The van der Waals surface area contributed by atoms with Gasteiger partial charge in [0, 0.05) is 12.2 Å². The minimum Gasteiger partial charge on any atom is -0.506 e. The van der Waals surface area contributed by atoms with E-state index in [-0.39, 0.29) is 5.75 Å². The predicted molar refractivity (Wildman–Crippen MR) is 80.9 cm³/mol. The zero-order valence-electron chi connectivity index (χ0n) is 11.0. The van der Waals surface area contributed by atoms with Crippen LogP contribution in [0.2, 0.25) is 5.02 Å². The molecule has 0 amide bonds. The molecule has 0 heterocycles. The van der Waals surface area contributed by atoms with Crippen molar-refractivity contribution in [2.75, 3.05) is 5.32 Å². The lowest BCUT2D eigenvalue weighted by Gasteiger charge is -2.08. The molecule has 2 N–H and O–H groups in total. The average molecular weight is 276 g/mol. The first kappa shape index (κ1) is 13.8. The summed E-state index contributed by atoms with van der Waals surface area (Å²) in [5, 5.41) is 13.1. The number of hydrogen-bond donors (Lipinski definition) is 2. The Hall–Kier alpha value is -1.67. The summed E-state index contributed by atoms with van der Waals surface area (Å²) < 4.78 is 0. The van der Waals surface area contributed by atoms with Crippen molar-refractivity contribution in [3.05, 3.63) is 58.6 Å². The van der Waals surface area contributed by atoms with Gasteiger partial charge in [-0.3, -0.25) is 0 Å². The average Bonchev–Trinajstić information content (AvgIpc) is 2.42. The summed E-state index contributed by atoms with van der Waals surface area (Å²) in [7, 11) is 0. The van der Waals surface area contributed by atoms with Gasteiger partial charge in [0.1, 0.15) is 5.75 Å². The van der Waals surface area contributed by atoms with Crippen molar-refractivity contribution in [3.8, 4) is 5.75 Å². The van der Waals surface area contributed by atoms with Gasteiger partial charge in [0.05, 0.1) is 5.02 Å². The molecule has 0 bridgehead atoms. The third kappa shape index (κ3) is 3.90. The van der Waals surface area contributed by atoms with Crippen LogP contribution >= 0.6 is 11.6 Å². The van der Waals surface area contributed by atoms with Crippen LogP contribution in [0.3, 0.4) is 0 Å². The molecule has 100 valence electrons. The molecule has 0 atom stereocenters. The molecule has 2 rings (SSSR count). The molecule has 19 heavy (non-hydrogen) atoms. The topological polar surface area (TPSA) is 32.3 Å². The summed E-state index contributed by atoms with van der Waals surface area (Å²) >= 11 is 5.87. The SMILES string of the molecule is CCCc1ccc(NCc2ccc(O)c(Cl)c2)cc1. The molecule has 0 aliphatic carbocycles. The number of hydrogen-bond acceptors (Lipinski definition) is 2. The Kier molecular flexibility index (Phi) is 4.69. The molecule has 0 aliphatic heterocycles. The molecule has 2 aromatic rings. The van der Waals surface area contributed by atoms with Gasteiger partial charge in [0.15, 0.2) is 0 Å². The van der Waals surface area contributed by atoms with E-state index in [9.17, 15) is 5.11 Å². The van der Waals surface area contributed by atoms with Gasteiger partial charge in [0.2, 0.25) is 0 Å². The Morgan fingerprint density at radius 2 is 1.74 bits per heavy atom. The van der Waals surface area contributed by atoms with Crippen molar-refractivity contribution < 1.29 is 5.11 Å². The van der Waals surface area contributed by atoms with E-state index in [1.165, 1.54) is 12.0 Å². The van der Waals surface area contributed by atoms with Crippen LogP contribution in [0.25, 0.3) is 0 Å². The lowest BCUT2D eigenvalue weighted by Crippen LogP contribution is -1.99. The molecule has 0 spiro atoms.